The number of hydrogen-bond acceptors (Lipinski definition) is 4. The predicted octanol–water partition coefficient (Wildman–Crippen LogP) is 18.3. The van der Waals surface area contributed by atoms with Gasteiger partial charge in [-0.05, 0) is 96.5 Å². The van der Waals surface area contributed by atoms with E-state index >= 15 is 0 Å². The second-order valence-corrected chi connectivity index (χ2v) is 19.1. The molecule has 15 rings (SSSR count). The molecule has 0 fully saturated rings. The number of fused-ring (bicyclic) bond motifs is 10. The monoisotopic (exact) mass is 942 g/mol. The summed E-state index contributed by atoms with van der Waals surface area (Å²) in [5.41, 5.74) is 14.4. The molecular formula is C69H42N4O. The Morgan fingerprint density at radius 3 is 1.53 bits per heavy atom. The fraction of sp³-hybridized carbons (Fsp3) is 0. The molecule has 15 aromatic rings. The lowest BCUT2D eigenvalue weighted by atomic mass is 9.95. The molecule has 0 saturated carbocycles. The molecule has 0 spiro atoms. The van der Waals surface area contributed by atoms with Crippen LogP contribution in [0, 0.1) is 0 Å². The number of aromatic nitrogens is 4. The van der Waals surface area contributed by atoms with Crippen LogP contribution in [0.1, 0.15) is 0 Å². The van der Waals surface area contributed by atoms with Crippen molar-refractivity contribution in [1.29, 1.82) is 0 Å². The van der Waals surface area contributed by atoms with Crippen LogP contribution in [-0.4, -0.2) is 19.5 Å². The van der Waals surface area contributed by atoms with Gasteiger partial charge in [-0.1, -0.05) is 212 Å². The highest BCUT2D eigenvalue weighted by molar-refractivity contribution is 6.17. The Labute approximate surface area is 425 Å². The first-order valence-corrected chi connectivity index (χ1v) is 25.1. The van der Waals surface area contributed by atoms with Crippen molar-refractivity contribution in [2.24, 2.45) is 0 Å². The summed E-state index contributed by atoms with van der Waals surface area (Å²) in [5.74, 6) is 1.78. The van der Waals surface area contributed by atoms with Gasteiger partial charge in [-0.2, -0.15) is 0 Å². The highest BCUT2D eigenvalue weighted by atomic mass is 16.3. The first-order valence-electron chi connectivity index (χ1n) is 25.1. The molecule has 3 aromatic heterocycles. The summed E-state index contributed by atoms with van der Waals surface area (Å²) in [6, 6.07) is 90.7. The van der Waals surface area contributed by atoms with Crippen molar-refractivity contribution in [3.05, 3.63) is 255 Å². The van der Waals surface area contributed by atoms with Crippen molar-refractivity contribution < 1.29 is 4.42 Å². The van der Waals surface area contributed by atoms with E-state index in [0.29, 0.717) is 17.5 Å². The van der Waals surface area contributed by atoms with Gasteiger partial charge in [0, 0.05) is 49.9 Å². The van der Waals surface area contributed by atoms with Gasteiger partial charge in [0.25, 0.3) is 0 Å². The molecule has 12 aromatic carbocycles. The van der Waals surface area contributed by atoms with Crippen LogP contribution < -0.4 is 0 Å². The number of rotatable bonds is 7. The van der Waals surface area contributed by atoms with E-state index in [1.807, 2.05) is 24.3 Å². The maximum atomic E-state index is 7.01. The van der Waals surface area contributed by atoms with Crippen LogP contribution in [0.2, 0.25) is 0 Å². The summed E-state index contributed by atoms with van der Waals surface area (Å²) in [6.45, 7) is 0. The normalized spacial score (nSPS) is 11.8. The predicted molar refractivity (Wildman–Crippen MR) is 307 cm³/mol. The van der Waals surface area contributed by atoms with Crippen molar-refractivity contribution in [1.82, 2.24) is 19.5 Å². The number of nitrogens with zero attached hydrogens (tertiary/aromatic N) is 4. The molecule has 5 nitrogen and oxygen atoms in total. The van der Waals surface area contributed by atoms with Crippen LogP contribution in [-0.2, 0) is 0 Å². The van der Waals surface area contributed by atoms with E-state index in [-0.39, 0.29) is 0 Å². The quantitative estimate of drug-likeness (QED) is 0.149. The fourth-order valence-electron chi connectivity index (χ4n) is 11.3. The Morgan fingerprint density at radius 1 is 0.270 bits per heavy atom. The molecule has 0 atom stereocenters. The molecule has 0 aliphatic rings. The minimum Gasteiger partial charge on any atom is -0.456 e. The zero-order valence-electron chi connectivity index (χ0n) is 39.9. The summed E-state index contributed by atoms with van der Waals surface area (Å²) in [7, 11) is 0. The highest BCUT2D eigenvalue weighted by Gasteiger charge is 2.23. The van der Waals surface area contributed by atoms with Crippen molar-refractivity contribution in [2.75, 3.05) is 0 Å². The van der Waals surface area contributed by atoms with E-state index < -0.39 is 0 Å². The lowest BCUT2D eigenvalue weighted by Gasteiger charge is -2.16. The van der Waals surface area contributed by atoms with E-state index in [1.54, 1.807) is 0 Å². The van der Waals surface area contributed by atoms with Crippen molar-refractivity contribution in [3.63, 3.8) is 0 Å². The minimum atomic E-state index is 0.571. The SMILES string of the molecule is c1ccc(-c2ccc(-c3ccc(-c4cc5c(cc4-n4c6ccccc6c6cc7ccccc7cc64)oc4cccc(-c6nc(-c7ccccc7)nc(-c7cc8ccccc8c8ccccc78)n6)c45)cc3)cc2)cc1. The molecule has 5 heteroatoms. The van der Waals surface area contributed by atoms with Crippen LogP contribution in [0.25, 0.3) is 149 Å². The van der Waals surface area contributed by atoms with Gasteiger partial charge in [0.05, 0.1) is 16.7 Å². The molecule has 0 bridgehead atoms. The molecule has 74 heavy (non-hydrogen) atoms. The molecule has 0 radical (unpaired) electrons. The second kappa shape index (κ2) is 16.8. The summed E-state index contributed by atoms with van der Waals surface area (Å²) < 4.78 is 9.43. The van der Waals surface area contributed by atoms with E-state index in [2.05, 4.69) is 235 Å². The topological polar surface area (TPSA) is 56.7 Å². The summed E-state index contributed by atoms with van der Waals surface area (Å²) in [6.07, 6.45) is 0. The van der Waals surface area contributed by atoms with E-state index in [4.69, 9.17) is 19.4 Å². The zero-order valence-corrected chi connectivity index (χ0v) is 39.9. The third-order valence-electron chi connectivity index (χ3n) is 14.8. The van der Waals surface area contributed by atoms with Crippen LogP contribution in [0.5, 0.6) is 0 Å². The summed E-state index contributed by atoms with van der Waals surface area (Å²) >= 11 is 0. The maximum Gasteiger partial charge on any atom is 0.164 e. The standard InChI is InChI=1S/C69H42N4O/c1-3-16-43(17-4-1)44-30-32-45(33-31-44)46-34-36-47(37-35-46)57-41-60-65(42-63(57)73-61-28-14-13-26-55(61)58-38-49-20-7-8-21-50(49)40-62(58)73)74-64-29-15-27-56(66(60)64)68-70-67(48-18-5-2-6-19-48)71-69(72-68)59-39-51-22-9-10-23-52(51)53-24-11-12-25-54(53)59/h1-42H. The number of furan rings is 1. The highest BCUT2D eigenvalue weighted by Crippen LogP contribution is 2.45. The second-order valence-electron chi connectivity index (χ2n) is 19.1. The van der Waals surface area contributed by atoms with Crippen LogP contribution in [0.4, 0.5) is 0 Å². The largest absolute Gasteiger partial charge is 0.456 e. The van der Waals surface area contributed by atoms with Gasteiger partial charge >= 0.3 is 0 Å². The van der Waals surface area contributed by atoms with Crippen LogP contribution in [0.3, 0.4) is 0 Å². The maximum absolute atomic E-state index is 7.01. The Kier molecular flexibility index (Phi) is 9.50. The van der Waals surface area contributed by atoms with Gasteiger partial charge in [-0.25, -0.2) is 15.0 Å². The van der Waals surface area contributed by atoms with Crippen molar-refractivity contribution in [3.8, 4) is 73.2 Å². The fourth-order valence-corrected chi connectivity index (χ4v) is 11.3. The summed E-state index contributed by atoms with van der Waals surface area (Å²) in [4.78, 5) is 16.0. The molecule has 0 N–H and O–H groups in total. The van der Waals surface area contributed by atoms with E-state index in [1.165, 1.54) is 38.1 Å². The molecule has 0 saturated heterocycles. The van der Waals surface area contributed by atoms with Gasteiger partial charge in [0.1, 0.15) is 11.2 Å². The zero-order chi connectivity index (χ0) is 48.7. The number of para-hydroxylation sites is 1. The van der Waals surface area contributed by atoms with Gasteiger partial charge in [0.2, 0.25) is 0 Å². The van der Waals surface area contributed by atoms with Crippen LogP contribution in [0.15, 0.2) is 259 Å². The number of hydrogen-bond donors (Lipinski definition) is 0. The first-order chi connectivity index (χ1) is 36.7. The smallest absolute Gasteiger partial charge is 0.164 e. The molecule has 344 valence electrons. The van der Waals surface area contributed by atoms with Crippen molar-refractivity contribution in [2.45, 2.75) is 0 Å². The molecule has 0 unspecified atom stereocenters. The van der Waals surface area contributed by atoms with E-state index in [0.717, 1.165) is 93.8 Å². The minimum absolute atomic E-state index is 0.571. The van der Waals surface area contributed by atoms with Gasteiger partial charge < -0.3 is 8.98 Å². The first kappa shape index (κ1) is 41.8. The van der Waals surface area contributed by atoms with Gasteiger partial charge in [-0.3, -0.25) is 0 Å². The lowest BCUT2D eigenvalue weighted by Crippen LogP contribution is -2.01. The molecular weight excluding hydrogens is 901 g/mol. The van der Waals surface area contributed by atoms with Crippen molar-refractivity contribution >= 4 is 76.1 Å². The Hall–Kier alpha value is -9.97. The average Bonchev–Trinajstić information content (AvgIpc) is 4.01. The lowest BCUT2D eigenvalue weighted by molar-refractivity contribution is 0.668. The number of benzene rings is 12. The molecule has 3 heterocycles. The Balaban J connectivity index is 0.966. The van der Waals surface area contributed by atoms with Gasteiger partial charge in [0.15, 0.2) is 17.5 Å². The van der Waals surface area contributed by atoms with E-state index in [9.17, 15) is 0 Å². The van der Waals surface area contributed by atoms with Crippen LogP contribution >= 0.6 is 0 Å². The third-order valence-corrected chi connectivity index (χ3v) is 14.8. The molecule has 0 amide bonds. The molecule has 0 aliphatic carbocycles. The Morgan fingerprint density at radius 2 is 0.811 bits per heavy atom. The Bertz CT molecular complexity index is 4690. The average molecular weight is 943 g/mol. The molecule has 0 aliphatic heterocycles. The third kappa shape index (κ3) is 6.82. The van der Waals surface area contributed by atoms with Gasteiger partial charge in [-0.15, -0.1) is 0 Å². The summed E-state index contributed by atoms with van der Waals surface area (Å²) in [5, 5.41) is 11.3.